The minimum atomic E-state index is -0.0473. The maximum absolute atomic E-state index is 11.4. The molecule has 4 rings (SSSR count). The molecular weight excluding hydrogens is 340 g/mol. The SMILES string of the molecule is Cc1nc(Nc2ccc3[nH]c(=O)sc3c2)c2c(C)c[nH]c2n1.NC=O. The van der Waals surface area contributed by atoms with Gasteiger partial charge in [0.1, 0.15) is 17.3 Å². The molecule has 0 atom stereocenters. The van der Waals surface area contributed by atoms with E-state index >= 15 is 0 Å². The number of carbonyl (C=O) groups excluding carboxylic acids is 1. The maximum atomic E-state index is 11.4. The number of hydrogen-bond acceptors (Lipinski definition) is 6. The summed E-state index contributed by atoms with van der Waals surface area (Å²) in [6, 6.07) is 5.77. The summed E-state index contributed by atoms with van der Waals surface area (Å²) < 4.78 is 0.919. The second-order valence-electron chi connectivity index (χ2n) is 5.30. The third kappa shape index (κ3) is 3.36. The number of aryl methyl sites for hydroxylation is 2. The lowest BCUT2D eigenvalue weighted by Gasteiger charge is -2.08. The van der Waals surface area contributed by atoms with Gasteiger partial charge in [0, 0.05) is 11.9 Å². The molecule has 25 heavy (non-hydrogen) atoms. The van der Waals surface area contributed by atoms with E-state index < -0.39 is 0 Å². The molecule has 1 amide bonds. The Bertz CT molecular complexity index is 1110. The van der Waals surface area contributed by atoms with E-state index in [4.69, 9.17) is 4.79 Å². The number of nitrogens with one attached hydrogen (secondary N) is 3. The van der Waals surface area contributed by atoms with E-state index in [1.165, 1.54) is 11.3 Å². The molecule has 0 saturated carbocycles. The number of hydrogen-bond donors (Lipinski definition) is 4. The number of aromatic nitrogens is 4. The van der Waals surface area contributed by atoms with Crippen molar-refractivity contribution in [3.8, 4) is 0 Å². The predicted octanol–water partition coefficient (Wildman–Crippen LogP) is 2.32. The largest absolute Gasteiger partial charge is 0.372 e. The molecule has 0 saturated heterocycles. The fraction of sp³-hybridized carbons (Fsp3) is 0.125. The van der Waals surface area contributed by atoms with Gasteiger partial charge in [-0.2, -0.15) is 0 Å². The average molecular weight is 356 g/mol. The minimum Gasteiger partial charge on any atom is -0.372 e. The van der Waals surface area contributed by atoms with E-state index in [-0.39, 0.29) is 11.3 Å². The number of amides is 1. The lowest BCUT2D eigenvalue weighted by atomic mass is 10.2. The molecule has 0 spiro atoms. The van der Waals surface area contributed by atoms with Crippen LogP contribution in [-0.2, 0) is 4.79 Å². The van der Waals surface area contributed by atoms with Crippen LogP contribution >= 0.6 is 11.3 Å². The lowest BCUT2D eigenvalue weighted by molar-refractivity contribution is -0.106. The van der Waals surface area contributed by atoms with E-state index in [1.54, 1.807) is 0 Å². The topological polar surface area (TPSA) is 130 Å². The summed E-state index contributed by atoms with van der Waals surface area (Å²) in [6.45, 7) is 3.88. The fourth-order valence-corrected chi connectivity index (χ4v) is 3.33. The number of H-pyrrole nitrogens is 2. The van der Waals surface area contributed by atoms with E-state index in [9.17, 15) is 4.79 Å². The zero-order chi connectivity index (χ0) is 18.0. The smallest absolute Gasteiger partial charge is 0.305 e. The number of thiazole rings is 1. The van der Waals surface area contributed by atoms with Crippen molar-refractivity contribution in [1.29, 1.82) is 0 Å². The first-order valence-electron chi connectivity index (χ1n) is 7.39. The Morgan fingerprint density at radius 3 is 2.80 bits per heavy atom. The molecule has 128 valence electrons. The lowest BCUT2D eigenvalue weighted by Crippen LogP contribution is -1.98. The van der Waals surface area contributed by atoms with Crippen LogP contribution in [0, 0.1) is 13.8 Å². The van der Waals surface area contributed by atoms with Gasteiger partial charge in [-0.05, 0) is 37.6 Å². The third-order valence-electron chi connectivity index (χ3n) is 3.52. The predicted molar refractivity (Wildman–Crippen MR) is 99.3 cm³/mol. The molecule has 0 bridgehead atoms. The van der Waals surface area contributed by atoms with Crippen molar-refractivity contribution in [2.24, 2.45) is 5.73 Å². The van der Waals surface area contributed by atoms with Crippen molar-refractivity contribution in [3.05, 3.63) is 45.5 Å². The van der Waals surface area contributed by atoms with Gasteiger partial charge in [-0.15, -0.1) is 0 Å². The number of benzene rings is 1. The van der Waals surface area contributed by atoms with Gasteiger partial charge in [0.15, 0.2) is 0 Å². The van der Waals surface area contributed by atoms with Gasteiger partial charge in [-0.1, -0.05) is 11.3 Å². The van der Waals surface area contributed by atoms with Gasteiger partial charge >= 0.3 is 4.87 Å². The molecule has 5 N–H and O–H groups in total. The molecule has 8 nitrogen and oxygen atoms in total. The standard InChI is InChI=1S/C15H13N5OS.CH3NO/c1-7-6-16-13-12(7)14(18-8(2)17-13)19-9-3-4-10-11(5-9)22-15(21)20-10;2-1-3/h3-6H,1-2H3,(H,20,21)(H2,16,17,18,19);1H,(H2,2,3). The second kappa shape index (κ2) is 6.73. The Morgan fingerprint density at radius 2 is 2.04 bits per heavy atom. The van der Waals surface area contributed by atoms with Crippen LogP contribution in [0.2, 0.25) is 0 Å². The van der Waals surface area contributed by atoms with Crippen LogP contribution in [0.15, 0.2) is 29.2 Å². The van der Waals surface area contributed by atoms with Crippen LogP contribution in [0.25, 0.3) is 21.3 Å². The average Bonchev–Trinajstić information content (AvgIpc) is 3.09. The van der Waals surface area contributed by atoms with Crippen molar-refractivity contribution in [1.82, 2.24) is 19.9 Å². The van der Waals surface area contributed by atoms with Crippen molar-refractivity contribution >= 4 is 50.5 Å². The normalized spacial score (nSPS) is 10.5. The first-order chi connectivity index (χ1) is 12.0. The Balaban J connectivity index is 0.000000569. The van der Waals surface area contributed by atoms with Crippen LogP contribution in [0.5, 0.6) is 0 Å². The summed E-state index contributed by atoms with van der Waals surface area (Å²) in [5.74, 6) is 1.47. The Hall–Kier alpha value is -3.20. The quantitative estimate of drug-likeness (QED) is 0.410. The number of nitrogens with two attached hydrogens (primary N) is 1. The van der Waals surface area contributed by atoms with Crippen molar-refractivity contribution in [2.45, 2.75) is 13.8 Å². The molecule has 3 aromatic heterocycles. The zero-order valence-corrected chi connectivity index (χ0v) is 14.4. The fourth-order valence-electron chi connectivity index (χ4n) is 2.55. The Labute approximate surface area is 146 Å². The van der Waals surface area contributed by atoms with Gasteiger partial charge in [0.2, 0.25) is 6.41 Å². The summed E-state index contributed by atoms with van der Waals surface area (Å²) in [6.07, 6.45) is 2.17. The summed E-state index contributed by atoms with van der Waals surface area (Å²) in [4.78, 5) is 34.8. The van der Waals surface area contributed by atoms with Crippen LogP contribution < -0.4 is 15.9 Å². The highest BCUT2D eigenvalue weighted by Crippen LogP contribution is 2.28. The van der Waals surface area contributed by atoms with Gasteiger partial charge in [-0.3, -0.25) is 9.59 Å². The molecular formula is C16H16N6O2S. The summed E-state index contributed by atoms with van der Waals surface area (Å²) in [5, 5.41) is 4.32. The highest BCUT2D eigenvalue weighted by atomic mass is 32.1. The van der Waals surface area contributed by atoms with Gasteiger partial charge in [0.25, 0.3) is 0 Å². The highest BCUT2D eigenvalue weighted by Gasteiger charge is 2.11. The molecule has 9 heteroatoms. The number of aromatic amines is 2. The first-order valence-corrected chi connectivity index (χ1v) is 8.21. The Morgan fingerprint density at radius 1 is 1.28 bits per heavy atom. The molecule has 0 aliphatic carbocycles. The first kappa shape index (κ1) is 16.7. The molecule has 0 unspecified atom stereocenters. The minimum absolute atomic E-state index is 0.0473. The molecule has 3 heterocycles. The molecule has 4 aromatic rings. The van der Waals surface area contributed by atoms with Crippen molar-refractivity contribution in [3.63, 3.8) is 0 Å². The number of anilines is 2. The van der Waals surface area contributed by atoms with Crippen LogP contribution in [0.4, 0.5) is 11.5 Å². The van der Waals surface area contributed by atoms with E-state index in [1.807, 2.05) is 38.2 Å². The van der Waals surface area contributed by atoms with Crippen LogP contribution in [0.3, 0.4) is 0 Å². The monoisotopic (exact) mass is 356 g/mol. The van der Waals surface area contributed by atoms with Crippen LogP contribution in [-0.4, -0.2) is 26.3 Å². The van der Waals surface area contributed by atoms with Gasteiger partial charge in [0.05, 0.1) is 15.6 Å². The molecule has 0 aliphatic heterocycles. The van der Waals surface area contributed by atoms with Crippen LogP contribution in [0.1, 0.15) is 11.4 Å². The number of nitrogens with zero attached hydrogens (tertiary/aromatic N) is 2. The number of fused-ring (bicyclic) bond motifs is 2. The zero-order valence-electron chi connectivity index (χ0n) is 13.6. The second-order valence-corrected chi connectivity index (χ2v) is 6.32. The van der Waals surface area contributed by atoms with Gasteiger partial charge in [-0.25, -0.2) is 9.97 Å². The third-order valence-corrected chi connectivity index (χ3v) is 4.37. The van der Waals surface area contributed by atoms with E-state index in [0.717, 1.165) is 38.3 Å². The molecule has 0 radical (unpaired) electrons. The summed E-state index contributed by atoms with van der Waals surface area (Å²) in [7, 11) is 0. The van der Waals surface area contributed by atoms with Gasteiger partial charge < -0.3 is 21.0 Å². The summed E-state index contributed by atoms with van der Waals surface area (Å²) in [5.41, 5.74) is 7.81. The molecule has 0 fully saturated rings. The highest BCUT2D eigenvalue weighted by molar-refractivity contribution is 7.16. The Kier molecular flexibility index (Phi) is 4.48. The molecule has 1 aromatic carbocycles. The maximum Gasteiger partial charge on any atom is 0.305 e. The molecule has 0 aliphatic rings. The van der Waals surface area contributed by atoms with E-state index in [0.29, 0.717) is 5.82 Å². The number of primary amides is 1. The van der Waals surface area contributed by atoms with Crippen molar-refractivity contribution < 1.29 is 4.79 Å². The summed E-state index contributed by atoms with van der Waals surface area (Å²) >= 11 is 1.20. The number of rotatable bonds is 2. The van der Waals surface area contributed by atoms with Crippen molar-refractivity contribution in [2.75, 3.05) is 5.32 Å². The number of carbonyl (C=O) groups is 1. The van der Waals surface area contributed by atoms with E-state index in [2.05, 4.69) is 31.0 Å².